The Morgan fingerprint density at radius 2 is 2.00 bits per heavy atom. The van der Waals surface area contributed by atoms with Crippen LogP contribution in [0.25, 0.3) is 0 Å². The van der Waals surface area contributed by atoms with Crippen LogP contribution in [0.5, 0.6) is 0 Å². The lowest BCUT2D eigenvalue weighted by molar-refractivity contribution is 0.403. The lowest BCUT2D eigenvalue weighted by Crippen LogP contribution is -2.21. The summed E-state index contributed by atoms with van der Waals surface area (Å²) in [7, 11) is 0. The van der Waals surface area contributed by atoms with E-state index in [1.165, 1.54) is 37.2 Å². The van der Waals surface area contributed by atoms with Gasteiger partial charge in [-0.3, -0.25) is 0 Å². The Kier molecular flexibility index (Phi) is 4.14. The van der Waals surface area contributed by atoms with Crippen LogP contribution >= 0.6 is 24.4 Å². The van der Waals surface area contributed by atoms with Gasteiger partial charge in [-0.15, -0.1) is 0 Å². The van der Waals surface area contributed by atoms with Crippen molar-refractivity contribution >= 4 is 24.4 Å². The minimum atomic E-state index is 0.615. The maximum atomic E-state index is 4.46. The second-order valence-electron chi connectivity index (χ2n) is 3.50. The van der Waals surface area contributed by atoms with Gasteiger partial charge in [0.05, 0.1) is 0 Å². The molecule has 0 N–H and O–H groups in total. The highest BCUT2D eigenvalue weighted by Crippen LogP contribution is 2.41. The van der Waals surface area contributed by atoms with Crippen molar-refractivity contribution in [1.82, 2.24) is 0 Å². The van der Waals surface area contributed by atoms with Crippen molar-refractivity contribution < 1.29 is 0 Å². The zero-order valence-corrected chi connectivity index (χ0v) is 9.02. The maximum absolute atomic E-state index is 4.46. The fraction of sp³-hybridized carbons (Fsp3) is 1.00. The number of hydrogen-bond acceptors (Lipinski definition) is 2. The predicted octanol–water partition coefficient (Wildman–Crippen LogP) is 3.23. The Balaban J connectivity index is 2.33. The van der Waals surface area contributed by atoms with Gasteiger partial charge in [0.25, 0.3) is 0 Å². The predicted molar refractivity (Wildman–Crippen MR) is 57.8 cm³/mol. The summed E-state index contributed by atoms with van der Waals surface area (Å²) < 4.78 is 0. The molecule has 1 aliphatic rings. The lowest BCUT2D eigenvalue weighted by atomic mass is 9.91. The third-order valence-electron chi connectivity index (χ3n) is 2.61. The highest BCUT2D eigenvalue weighted by atomic mass is 32.2. The number of thiol groups is 1. The summed E-state index contributed by atoms with van der Waals surface area (Å²) in [5, 5.41) is 0. The second kappa shape index (κ2) is 4.66. The van der Waals surface area contributed by atoms with E-state index in [9.17, 15) is 0 Å². The van der Waals surface area contributed by atoms with Gasteiger partial charge in [-0.2, -0.15) is 24.4 Å². The van der Waals surface area contributed by atoms with Crippen molar-refractivity contribution in [2.24, 2.45) is 5.41 Å². The monoisotopic (exact) mass is 190 g/mol. The summed E-state index contributed by atoms with van der Waals surface area (Å²) in [4.78, 5) is 0. The van der Waals surface area contributed by atoms with E-state index in [0.29, 0.717) is 5.41 Å². The first-order chi connectivity index (χ1) is 5.33. The van der Waals surface area contributed by atoms with E-state index in [-0.39, 0.29) is 0 Å². The number of thioether (sulfide) groups is 1. The molecule has 2 heteroatoms. The van der Waals surface area contributed by atoms with Gasteiger partial charge in [0.1, 0.15) is 0 Å². The van der Waals surface area contributed by atoms with Crippen molar-refractivity contribution in [1.29, 1.82) is 0 Å². The Bertz CT molecular complexity index is 106. The highest BCUT2D eigenvalue weighted by molar-refractivity contribution is 7.99. The van der Waals surface area contributed by atoms with Crippen LogP contribution in [0.4, 0.5) is 0 Å². The Labute approximate surface area is 79.9 Å². The van der Waals surface area contributed by atoms with Crippen LogP contribution in [0.15, 0.2) is 0 Å². The lowest BCUT2D eigenvalue weighted by Gasteiger charge is -2.25. The third-order valence-corrected chi connectivity index (χ3v) is 4.51. The Hall–Kier alpha value is 0.700. The fourth-order valence-corrected chi connectivity index (χ4v) is 3.40. The first kappa shape index (κ1) is 9.79. The molecule has 66 valence electrons. The largest absolute Gasteiger partial charge is 0.179 e. The second-order valence-corrected chi connectivity index (χ2v) is 5.09. The van der Waals surface area contributed by atoms with Gasteiger partial charge in [0.15, 0.2) is 0 Å². The summed E-state index contributed by atoms with van der Waals surface area (Å²) in [6.45, 7) is 2.24. The average molecular weight is 190 g/mol. The smallest absolute Gasteiger partial charge is 0.000310 e. The van der Waals surface area contributed by atoms with E-state index in [0.717, 1.165) is 5.75 Å². The molecule has 0 radical (unpaired) electrons. The third kappa shape index (κ3) is 2.59. The van der Waals surface area contributed by atoms with Crippen molar-refractivity contribution in [3.05, 3.63) is 0 Å². The molecule has 0 aliphatic heterocycles. The van der Waals surface area contributed by atoms with Gasteiger partial charge in [-0.05, 0) is 35.5 Å². The molecule has 1 aliphatic carbocycles. The molecule has 0 amide bonds. The van der Waals surface area contributed by atoms with Crippen molar-refractivity contribution in [3.8, 4) is 0 Å². The van der Waals surface area contributed by atoms with E-state index in [1.807, 2.05) is 0 Å². The van der Waals surface area contributed by atoms with Gasteiger partial charge >= 0.3 is 0 Å². The van der Waals surface area contributed by atoms with Crippen LogP contribution in [0.3, 0.4) is 0 Å². The van der Waals surface area contributed by atoms with Gasteiger partial charge in [-0.25, -0.2) is 0 Å². The van der Waals surface area contributed by atoms with Crippen LogP contribution in [0.1, 0.15) is 32.6 Å². The fourth-order valence-electron chi connectivity index (χ4n) is 1.79. The van der Waals surface area contributed by atoms with E-state index in [1.54, 1.807) is 0 Å². The Morgan fingerprint density at radius 3 is 2.45 bits per heavy atom. The summed E-state index contributed by atoms with van der Waals surface area (Å²) in [5.41, 5.74) is 0.615. The molecule has 1 fully saturated rings. The topological polar surface area (TPSA) is 0 Å². The molecule has 0 bridgehead atoms. The molecular formula is C9H18S2. The molecule has 0 saturated heterocycles. The molecule has 0 unspecified atom stereocenters. The zero-order valence-electron chi connectivity index (χ0n) is 7.31. The van der Waals surface area contributed by atoms with Gasteiger partial charge in [0, 0.05) is 0 Å². The molecule has 0 atom stereocenters. The number of hydrogen-bond donors (Lipinski definition) is 1. The molecule has 0 aromatic heterocycles. The first-order valence-electron chi connectivity index (χ1n) is 4.51. The summed E-state index contributed by atoms with van der Waals surface area (Å²) in [5.74, 6) is 3.70. The molecule has 0 heterocycles. The molecular weight excluding hydrogens is 172 g/mol. The number of rotatable bonds is 4. The van der Waals surface area contributed by atoms with E-state index < -0.39 is 0 Å². The maximum Gasteiger partial charge on any atom is -0.000310 e. The molecule has 0 spiro atoms. The van der Waals surface area contributed by atoms with Crippen LogP contribution in [-0.2, 0) is 0 Å². The van der Waals surface area contributed by atoms with Crippen LogP contribution in [0.2, 0.25) is 0 Å². The minimum absolute atomic E-state index is 0.615. The summed E-state index contributed by atoms with van der Waals surface area (Å²) in [6, 6.07) is 0. The Morgan fingerprint density at radius 1 is 1.36 bits per heavy atom. The molecule has 1 rings (SSSR count). The molecule has 1 saturated carbocycles. The van der Waals surface area contributed by atoms with Gasteiger partial charge < -0.3 is 0 Å². The van der Waals surface area contributed by atoms with E-state index in [2.05, 4.69) is 31.3 Å². The van der Waals surface area contributed by atoms with Crippen LogP contribution in [-0.4, -0.2) is 17.3 Å². The standard InChI is InChI=1S/C9H18S2/c1-2-11-8-9(7-10)5-3-4-6-9/h10H,2-8H2,1H3. The van der Waals surface area contributed by atoms with Crippen molar-refractivity contribution in [3.63, 3.8) is 0 Å². The zero-order chi connectivity index (χ0) is 8.16. The SMILES string of the molecule is CCSCC1(CS)CCCC1. The van der Waals surface area contributed by atoms with Crippen LogP contribution in [0, 0.1) is 5.41 Å². The van der Waals surface area contributed by atoms with Gasteiger partial charge in [0.2, 0.25) is 0 Å². The van der Waals surface area contributed by atoms with Gasteiger partial charge in [-0.1, -0.05) is 19.8 Å². The summed E-state index contributed by atoms with van der Waals surface area (Å²) in [6.07, 6.45) is 5.71. The summed E-state index contributed by atoms with van der Waals surface area (Å²) >= 11 is 6.54. The molecule has 0 aromatic rings. The van der Waals surface area contributed by atoms with E-state index in [4.69, 9.17) is 0 Å². The normalized spacial score (nSPS) is 22.4. The average Bonchev–Trinajstić information content (AvgIpc) is 2.50. The molecule has 0 aromatic carbocycles. The van der Waals surface area contributed by atoms with Crippen molar-refractivity contribution in [2.75, 3.05) is 17.3 Å². The van der Waals surface area contributed by atoms with Crippen LogP contribution < -0.4 is 0 Å². The molecule has 11 heavy (non-hydrogen) atoms. The minimum Gasteiger partial charge on any atom is -0.179 e. The first-order valence-corrected chi connectivity index (χ1v) is 6.30. The quantitative estimate of drug-likeness (QED) is 0.664. The van der Waals surface area contributed by atoms with E-state index >= 15 is 0 Å². The highest BCUT2D eigenvalue weighted by Gasteiger charge is 2.31. The van der Waals surface area contributed by atoms with Crippen molar-refractivity contribution in [2.45, 2.75) is 32.6 Å². The molecule has 0 nitrogen and oxygen atoms in total.